The summed E-state index contributed by atoms with van der Waals surface area (Å²) in [7, 11) is 0. The van der Waals surface area contributed by atoms with Gasteiger partial charge in [0.25, 0.3) is 0 Å². The van der Waals surface area contributed by atoms with Crippen molar-refractivity contribution in [3.63, 3.8) is 0 Å². The number of rotatable bonds is 1. The lowest BCUT2D eigenvalue weighted by Crippen LogP contribution is -2.51. The van der Waals surface area contributed by atoms with Crippen molar-refractivity contribution in [2.24, 2.45) is 17.8 Å². The van der Waals surface area contributed by atoms with Gasteiger partial charge in [-0.1, -0.05) is 6.92 Å². The first-order chi connectivity index (χ1) is 8.68. The Morgan fingerprint density at radius 1 is 1.33 bits per heavy atom. The highest BCUT2D eigenvalue weighted by atomic mass is 16.2. The number of nitrogens with zero attached hydrogens (tertiary/aromatic N) is 1. The van der Waals surface area contributed by atoms with E-state index in [2.05, 4.69) is 17.6 Å². The van der Waals surface area contributed by atoms with Gasteiger partial charge in [-0.3, -0.25) is 9.59 Å². The van der Waals surface area contributed by atoms with Crippen LogP contribution >= 0.6 is 0 Å². The fraction of sp³-hybridized carbons (Fsp3) is 0.846. The lowest BCUT2D eigenvalue weighted by molar-refractivity contribution is -0.141. The van der Waals surface area contributed by atoms with E-state index in [1.165, 1.54) is 0 Å². The highest BCUT2D eigenvalue weighted by molar-refractivity contribution is 5.85. The van der Waals surface area contributed by atoms with Crippen LogP contribution in [0.2, 0.25) is 0 Å². The second-order valence-corrected chi connectivity index (χ2v) is 5.83. The van der Waals surface area contributed by atoms with Crippen LogP contribution in [0.15, 0.2) is 0 Å². The molecule has 0 spiro atoms. The van der Waals surface area contributed by atoms with Gasteiger partial charge in [0, 0.05) is 19.6 Å². The Hall–Kier alpha value is -1.10. The monoisotopic (exact) mass is 251 g/mol. The van der Waals surface area contributed by atoms with E-state index in [4.69, 9.17) is 0 Å². The van der Waals surface area contributed by atoms with Crippen LogP contribution in [-0.4, -0.2) is 48.9 Å². The maximum absolute atomic E-state index is 12.6. The van der Waals surface area contributed by atoms with Crippen molar-refractivity contribution in [2.75, 3.05) is 26.2 Å². The molecule has 2 N–H and O–H groups in total. The SMILES string of the molecule is C[C@@H]1CNC[C@H]1C(=O)N1CCCC2C(=O)NCC21. The Kier molecular flexibility index (Phi) is 3.01. The number of amides is 2. The zero-order valence-corrected chi connectivity index (χ0v) is 10.8. The third-order valence-electron chi connectivity index (χ3n) is 4.72. The summed E-state index contributed by atoms with van der Waals surface area (Å²) in [5, 5.41) is 6.18. The van der Waals surface area contributed by atoms with Gasteiger partial charge in [-0.25, -0.2) is 0 Å². The Bertz CT molecular complexity index is 371. The van der Waals surface area contributed by atoms with E-state index in [1.807, 2.05) is 4.90 Å². The van der Waals surface area contributed by atoms with Crippen molar-refractivity contribution in [2.45, 2.75) is 25.8 Å². The second-order valence-electron chi connectivity index (χ2n) is 5.83. The molecule has 3 saturated heterocycles. The van der Waals surface area contributed by atoms with Crippen LogP contribution in [0, 0.1) is 17.8 Å². The number of carbonyl (C=O) groups is 2. The van der Waals surface area contributed by atoms with E-state index >= 15 is 0 Å². The molecule has 2 amide bonds. The zero-order valence-electron chi connectivity index (χ0n) is 10.8. The predicted molar refractivity (Wildman–Crippen MR) is 66.8 cm³/mol. The molecule has 100 valence electrons. The molecule has 5 heteroatoms. The number of fused-ring (bicyclic) bond motifs is 1. The quantitative estimate of drug-likeness (QED) is 0.665. The lowest BCUT2D eigenvalue weighted by Gasteiger charge is -2.38. The molecule has 4 atom stereocenters. The summed E-state index contributed by atoms with van der Waals surface area (Å²) >= 11 is 0. The molecular weight excluding hydrogens is 230 g/mol. The maximum Gasteiger partial charge on any atom is 0.227 e. The number of likely N-dealkylation sites (tertiary alicyclic amines) is 1. The van der Waals surface area contributed by atoms with Crippen molar-refractivity contribution in [3.05, 3.63) is 0 Å². The van der Waals surface area contributed by atoms with Crippen LogP contribution < -0.4 is 10.6 Å². The number of hydrogen-bond donors (Lipinski definition) is 2. The highest BCUT2D eigenvalue weighted by Crippen LogP contribution is 2.30. The van der Waals surface area contributed by atoms with Crippen LogP contribution in [0.3, 0.4) is 0 Å². The Morgan fingerprint density at radius 3 is 2.89 bits per heavy atom. The molecule has 5 nitrogen and oxygen atoms in total. The van der Waals surface area contributed by atoms with E-state index in [1.54, 1.807) is 0 Å². The van der Waals surface area contributed by atoms with Gasteiger partial charge >= 0.3 is 0 Å². The van der Waals surface area contributed by atoms with E-state index in [0.717, 1.165) is 32.5 Å². The molecule has 0 aromatic rings. The van der Waals surface area contributed by atoms with Gasteiger partial charge in [-0.05, 0) is 25.3 Å². The van der Waals surface area contributed by atoms with Gasteiger partial charge in [-0.15, -0.1) is 0 Å². The molecule has 0 aromatic carbocycles. The van der Waals surface area contributed by atoms with E-state index < -0.39 is 0 Å². The highest BCUT2D eigenvalue weighted by Gasteiger charge is 2.45. The molecule has 0 saturated carbocycles. The molecule has 2 unspecified atom stereocenters. The first-order valence-electron chi connectivity index (χ1n) is 6.97. The van der Waals surface area contributed by atoms with Gasteiger partial charge in [-0.2, -0.15) is 0 Å². The molecule has 3 aliphatic rings. The zero-order chi connectivity index (χ0) is 12.7. The minimum absolute atomic E-state index is 0.0346. The first-order valence-corrected chi connectivity index (χ1v) is 6.97. The Balaban J connectivity index is 1.75. The molecule has 0 bridgehead atoms. The van der Waals surface area contributed by atoms with Gasteiger partial charge in [0.1, 0.15) is 0 Å². The topological polar surface area (TPSA) is 61.4 Å². The summed E-state index contributed by atoms with van der Waals surface area (Å²) in [6.45, 7) is 5.30. The van der Waals surface area contributed by atoms with Gasteiger partial charge in [0.2, 0.25) is 11.8 Å². The normalized spacial score (nSPS) is 39.6. The van der Waals surface area contributed by atoms with Gasteiger partial charge in [0.05, 0.1) is 17.9 Å². The van der Waals surface area contributed by atoms with Crippen LogP contribution in [-0.2, 0) is 9.59 Å². The van der Waals surface area contributed by atoms with Crippen molar-refractivity contribution in [1.82, 2.24) is 15.5 Å². The molecule has 3 heterocycles. The van der Waals surface area contributed by atoms with E-state index in [0.29, 0.717) is 12.5 Å². The molecule has 3 fully saturated rings. The average molecular weight is 251 g/mol. The third-order valence-corrected chi connectivity index (χ3v) is 4.72. The molecule has 3 rings (SSSR count). The average Bonchev–Trinajstić information content (AvgIpc) is 2.95. The fourth-order valence-corrected chi connectivity index (χ4v) is 3.58. The summed E-state index contributed by atoms with van der Waals surface area (Å²) in [6, 6.07) is 0.103. The summed E-state index contributed by atoms with van der Waals surface area (Å²) in [6.07, 6.45) is 1.88. The van der Waals surface area contributed by atoms with Crippen LogP contribution in [0.4, 0.5) is 0 Å². The molecule has 3 aliphatic heterocycles. The Labute approximate surface area is 107 Å². The molecule has 18 heavy (non-hydrogen) atoms. The standard InChI is InChI=1S/C13H21N3O2/c1-8-5-14-6-10(8)13(18)16-4-2-3-9-11(16)7-15-12(9)17/h8-11,14H,2-7H2,1H3,(H,15,17)/t8-,9?,10-,11?/m1/s1. The summed E-state index contributed by atoms with van der Waals surface area (Å²) in [5.74, 6) is 0.920. The van der Waals surface area contributed by atoms with Gasteiger partial charge < -0.3 is 15.5 Å². The number of piperidine rings is 1. The number of hydrogen-bond acceptors (Lipinski definition) is 3. The van der Waals surface area contributed by atoms with Crippen LogP contribution in [0.1, 0.15) is 19.8 Å². The largest absolute Gasteiger partial charge is 0.354 e. The summed E-state index contributed by atoms with van der Waals surface area (Å²) in [4.78, 5) is 26.3. The number of nitrogens with one attached hydrogen (secondary N) is 2. The summed E-state index contributed by atoms with van der Waals surface area (Å²) in [5.41, 5.74) is 0. The third kappa shape index (κ3) is 1.81. The van der Waals surface area contributed by atoms with E-state index in [9.17, 15) is 9.59 Å². The minimum Gasteiger partial charge on any atom is -0.354 e. The Morgan fingerprint density at radius 2 is 2.17 bits per heavy atom. The van der Waals surface area contributed by atoms with Crippen molar-refractivity contribution in [1.29, 1.82) is 0 Å². The molecule has 0 aliphatic carbocycles. The maximum atomic E-state index is 12.6. The molecule has 0 radical (unpaired) electrons. The molecule has 0 aromatic heterocycles. The van der Waals surface area contributed by atoms with Crippen molar-refractivity contribution < 1.29 is 9.59 Å². The van der Waals surface area contributed by atoms with Crippen LogP contribution in [0.25, 0.3) is 0 Å². The van der Waals surface area contributed by atoms with Gasteiger partial charge in [0.15, 0.2) is 0 Å². The summed E-state index contributed by atoms with van der Waals surface area (Å²) < 4.78 is 0. The minimum atomic E-state index is 0.0346. The first kappa shape index (κ1) is 12.0. The predicted octanol–water partition coefficient (Wildman–Crippen LogP) is -0.421. The second kappa shape index (κ2) is 4.53. The van der Waals surface area contributed by atoms with Crippen molar-refractivity contribution >= 4 is 11.8 Å². The fourth-order valence-electron chi connectivity index (χ4n) is 3.58. The van der Waals surface area contributed by atoms with Crippen LogP contribution in [0.5, 0.6) is 0 Å². The smallest absolute Gasteiger partial charge is 0.227 e. The molecular formula is C13H21N3O2. The van der Waals surface area contributed by atoms with E-state index in [-0.39, 0.29) is 29.7 Å². The number of carbonyl (C=O) groups excluding carboxylic acids is 2. The lowest BCUT2D eigenvalue weighted by atomic mass is 9.88. The van der Waals surface area contributed by atoms with Crippen molar-refractivity contribution in [3.8, 4) is 0 Å².